The topological polar surface area (TPSA) is 34.2 Å². The first-order chi connectivity index (χ1) is 9.65. The molecule has 0 aliphatic carbocycles. The fourth-order valence-corrected chi connectivity index (χ4v) is 3.08. The van der Waals surface area contributed by atoms with E-state index < -0.39 is 0 Å². The predicted molar refractivity (Wildman–Crippen MR) is 93.2 cm³/mol. The lowest BCUT2D eigenvalue weighted by Gasteiger charge is -2.20. The molecule has 2 rings (SSSR count). The van der Waals surface area contributed by atoms with Crippen molar-refractivity contribution in [1.29, 1.82) is 0 Å². The monoisotopic (exact) mass is 446 g/mol. The Balaban J connectivity index is 2.46. The van der Waals surface area contributed by atoms with Crippen LogP contribution in [0.25, 0.3) is 0 Å². The van der Waals surface area contributed by atoms with Gasteiger partial charge in [-0.05, 0) is 64.5 Å². The first kappa shape index (κ1) is 15.7. The fourth-order valence-electron chi connectivity index (χ4n) is 2.05. The SMILES string of the molecule is CCNC(c1cncc(OC)c1)c1cc(Br)ccc1I. The minimum atomic E-state index is 0.104. The quantitative estimate of drug-likeness (QED) is 0.700. The molecule has 1 heterocycles. The number of ether oxygens (including phenoxy) is 1. The number of nitrogens with zero attached hydrogens (tertiary/aromatic N) is 1. The maximum absolute atomic E-state index is 5.27. The Morgan fingerprint density at radius 2 is 2.15 bits per heavy atom. The first-order valence-electron chi connectivity index (χ1n) is 6.33. The third-order valence-electron chi connectivity index (χ3n) is 2.98. The zero-order valence-corrected chi connectivity index (χ0v) is 15.1. The van der Waals surface area contributed by atoms with E-state index in [0.29, 0.717) is 0 Å². The second kappa shape index (κ2) is 7.38. The number of hydrogen-bond donors (Lipinski definition) is 1. The van der Waals surface area contributed by atoms with Crippen molar-refractivity contribution in [1.82, 2.24) is 10.3 Å². The van der Waals surface area contributed by atoms with Gasteiger partial charge in [0.25, 0.3) is 0 Å². The second-order valence-corrected chi connectivity index (χ2v) is 6.39. The summed E-state index contributed by atoms with van der Waals surface area (Å²) >= 11 is 5.91. The molecule has 1 aromatic carbocycles. The van der Waals surface area contributed by atoms with E-state index >= 15 is 0 Å². The molecule has 0 amide bonds. The van der Waals surface area contributed by atoms with Crippen LogP contribution in [-0.4, -0.2) is 18.6 Å². The standard InChI is InChI=1S/C15H16BrIN2O/c1-3-19-15(10-6-12(20-2)9-18-8-10)13-7-11(16)4-5-14(13)17/h4-9,15,19H,3H2,1-2H3. The summed E-state index contributed by atoms with van der Waals surface area (Å²) in [5.41, 5.74) is 2.33. The van der Waals surface area contributed by atoms with Gasteiger partial charge in [0.15, 0.2) is 0 Å². The molecule has 1 atom stereocenters. The Morgan fingerprint density at radius 3 is 2.85 bits per heavy atom. The van der Waals surface area contributed by atoms with Gasteiger partial charge in [0.1, 0.15) is 5.75 Å². The van der Waals surface area contributed by atoms with E-state index in [1.54, 1.807) is 13.3 Å². The highest BCUT2D eigenvalue weighted by molar-refractivity contribution is 14.1. The molecule has 0 saturated heterocycles. The molecule has 2 aromatic rings. The zero-order valence-electron chi connectivity index (χ0n) is 11.4. The summed E-state index contributed by atoms with van der Waals surface area (Å²) in [4.78, 5) is 4.26. The number of methoxy groups -OCH3 is 1. The highest BCUT2D eigenvalue weighted by Gasteiger charge is 2.17. The van der Waals surface area contributed by atoms with E-state index in [0.717, 1.165) is 22.3 Å². The summed E-state index contributed by atoms with van der Waals surface area (Å²) in [6.07, 6.45) is 3.60. The number of aromatic nitrogens is 1. The third-order valence-corrected chi connectivity index (χ3v) is 4.46. The number of rotatable bonds is 5. The molecule has 1 aromatic heterocycles. The highest BCUT2D eigenvalue weighted by atomic mass is 127. The molecular weight excluding hydrogens is 431 g/mol. The molecule has 1 unspecified atom stereocenters. The van der Waals surface area contributed by atoms with Crippen LogP contribution < -0.4 is 10.1 Å². The van der Waals surface area contributed by atoms with Crippen LogP contribution in [0, 0.1) is 3.57 Å². The lowest BCUT2D eigenvalue weighted by molar-refractivity contribution is 0.411. The van der Waals surface area contributed by atoms with E-state index in [1.807, 2.05) is 12.3 Å². The summed E-state index contributed by atoms with van der Waals surface area (Å²) in [5, 5.41) is 3.51. The van der Waals surface area contributed by atoms with Crippen LogP contribution in [0.5, 0.6) is 5.75 Å². The van der Waals surface area contributed by atoms with E-state index in [2.05, 4.69) is 73.9 Å². The average Bonchev–Trinajstić information content (AvgIpc) is 2.47. The fraction of sp³-hybridized carbons (Fsp3) is 0.267. The molecule has 0 saturated carbocycles. The van der Waals surface area contributed by atoms with Crippen molar-refractivity contribution >= 4 is 38.5 Å². The average molecular weight is 447 g/mol. The van der Waals surface area contributed by atoms with Crippen molar-refractivity contribution < 1.29 is 4.74 Å². The number of hydrogen-bond acceptors (Lipinski definition) is 3. The van der Waals surface area contributed by atoms with E-state index in [4.69, 9.17) is 4.74 Å². The summed E-state index contributed by atoms with van der Waals surface area (Å²) < 4.78 is 7.57. The maximum Gasteiger partial charge on any atom is 0.137 e. The van der Waals surface area contributed by atoms with Crippen molar-refractivity contribution in [2.24, 2.45) is 0 Å². The Morgan fingerprint density at radius 1 is 1.35 bits per heavy atom. The smallest absolute Gasteiger partial charge is 0.137 e. The van der Waals surface area contributed by atoms with E-state index in [-0.39, 0.29) is 6.04 Å². The van der Waals surface area contributed by atoms with Crippen LogP contribution in [0.3, 0.4) is 0 Å². The predicted octanol–water partition coefficient (Wildman–Crippen LogP) is 4.16. The number of benzene rings is 1. The van der Waals surface area contributed by atoms with Gasteiger partial charge in [0, 0.05) is 14.2 Å². The summed E-state index contributed by atoms with van der Waals surface area (Å²) in [6, 6.07) is 8.44. The van der Waals surface area contributed by atoms with Crippen LogP contribution >= 0.6 is 38.5 Å². The molecule has 0 radical (unpaired) electrons. The van der Waals surface area contributed by atoms with Gasteiger partial charge in [-0.2, -0.15) is 0 Å². The van der Waals surface area contributed by atoms with Gasteiger partial charge in [-0.15, -0.1) is 0 Å². The summed E-state index contributed by atoms with van der Waals surface area (Å²) in [5.74, 6) is 0.774. The molecule has 0 bridgehead atoms. The molecule has 0 aliphatic heterocycles. The van der Waals surface area contributed by atoms with E-state index in [9.17, 15) is 0 Å². The van der Waals surface area contributed by atoms with Gasteiger partial charge >= 0.3 is 0 Å². The molecule has 0 spiro atoms. The minimum Gasteiger partial charge on any atom is -0.495 e. The minimum absolute atomic E-state index is 0.104. The van der Waals surface area contributed by atoms with Crippen molar-refractivity contribution in [3.63, 3.8) is 0 Å². The maximum atomic E-state index is 5.27. The number of halogens is 2. The van der Waals surface area contributed by atoms with Crippen LogP contribution in [0.1, 0.15) is 24.1 Å². The Kier molecular flexibility index (Phi) is 5.80. The second-order valence-electron chi connectivity index (χ2n) is 4.31. The van der Waals surface area contributed by atoms with Crippen LogP contribution in [0.15, 0.2) is 41.1 Å². The lowest BCUT2D eigenvalue weighted by Crippen LogP contribution is -2.23. The third kappa shape index (κ3) is 3.71. The van der Waals surface area contributed by atoms with Crippen molar-refractivity contribution in [2.45, 2.75) is 13.0 Å². The molecular formula is C15H16BrIN2O. The van der Waals surface area contributed by atoms with Crippen LogP contribution in [-0.2, 0) is 0 Å². The molecule has 106 valence electrons. The highest BCUT2D eigenvalue weighted by Crippen LogP contribution is 2.29. The molecule has 1 N–H and O–H groups in total. The first-order valence-corrected chi connectivity index (χ1v) is 8.20. The van der Waals surface area contributed by atoms with Gasteiger partial charge in [0.2, 0.25) is 0 Å². The summed E-state index contributed by atoms with van der Waals surface area (Å²) in [7, 11) is 1.66. The van der Waals surface area contributed by atoms with Gasteiger partial charge in [0.05, 0.1) is 19.3 Å². The van der Waals surface area contributed by atoms with Crippen molar-refractivity contribution in [3.8, 4) is 5.75 Å². The van der Waals surface area contributed by atoms with Crippen LogP contribution in [0.4, 0.5) is 0 Å². The van der Waals surface area contributed by atoms with E-state index in [1.165, 1.54) is 9.13 Å². The van der Waals surface area contributed by atoms with Crippen LogP contribution in [0.2, 0.25) is 0 Å². The lowest BCUT2D eigenvalue weighted by atomic mass is 10.00. The van der Waals surface area contributed by atoms with Gasteiger partial charge < -0.3 is 10.1 Å². The Labute approximate surface area is 141 Å². The molecule has 20 heavy (non-hydrogen) atoms. The molecule has 3 nitrogen and oxygen atoms in total. The van der Waals surface area contributed by atoms with Crippen molar-refractivity contribution in [3.05, 3.63) is 55.8 Å². The zero-order chi connectivity index (χ0) is 14.5. The largest absolute Gasteiger partial charge is 0.495 e. The van der Waals surface area contributed by atoms with Gasteiger partial charge in [-0.25, -0.2) is 0 Å². The molecule has 0 aliphatic rings. The number of pyridine rings is 1. The number of nitrogens with one attached hydrogen (secondary N) is 1. The molecule has 5 heteroatoms. The molecule has 0 fully saturated rings. The van der Waals surface area contributed by atoms with Gasteiger partial charge in [-0.1, -0.05) is 22.9 Å². The Hall–Kier alpha value is -0.660. The van der Waals surface area contributed by atoms with Crippen molar-refractivity contribution in [2.75, 3.05) is 13.7 Å². The Bertz CT molecular complexity index is 592. The normalized spacial score (nSPS) is 12.2. The summed E-state index contributed by atoms with van der Waals surface area (Å²) in [6.45, 7) is 2.98. The van der Waals surface area contributed by atoms with Gasteiger partial charge in [-0.3, -0.25) is 4.98 Å².